The fourth-order valence-electron chi connectivity index (χ4n) is 5.48. The molecule has 0 nitrogen and oxygen atoms in total. The molecule has 0 fully saturated rings. The second-order valence-electron chi connectivity index (χ2n) is 7.97. The number of hydrogen-bond donors (Lipinski definition) is 0. The fourth-order valence-corrected chi connectivity index (χ4v) is 10.5. The SMILES string of the molecule is CC1Cc2ccccc2C1[Si](C)(C)C1CCc2ccccc21. The highest BCUT2D eigenvalue weighted by Crippen LogP contribution is 2.51. The van der Waals surface area contributed by atoms with E-state index < -0.39 is 8.07 Å². The van der Waals surface area contributed by atoms with Crippen LogP contribution in [-0.4, -0.2) is 8.07 Å². The van der Waals surface area contributed by atoms with Gasteiger partial charge in [-0.25, -0.2) is 0 Å². The average Bonchev–Trinajstić information content (AvgIpc) is 3.07. The summed E-state index contributed by atoms with van der Waals surface area (Å²) in [6.07, 6.45) is 3.95. The molecule has 0 heterocycles. The van der Waals surface area contributed by atoms with Gasteiger partial charge < -0.3 is 0 Å². The average molecular weight is 307 g/mol. The van der Waals surface area contributed by atoms with Crippen LogP contribution in [0, 0.1) is 5.92 Å². The third-order valence-corrected chi connectivity index (χ3v) is 11.2. The van der Waals surface area contributed by atoms with Gasteiger partial charge in [0, 0.05) is 0 Å². The van der Waals surface area contributed by atoms with Crippen molar-refractivity contribution in [3.05, 3.63) is 70.8 Å². The topological polar surface area (TPSA) is 0 Å². The molecular formula is C21H26Si. The van der Waals surface area contributed by atoms with Crippen LogP contribution in [0.4, 0.5) is 0 Å². The zero-order chi connectivity index (χ0) is 15.3. The molecule has 3 unspecified atom stereocenters. The zero-order valence-corrected chi connectivity index (χ0v) is 15.0. The molecule has 0 N–H and O–H groups in total. The van der Waals surface area contributed by atoms with Crippen molar-refractivity contribution in [1.82, 2.24) is 0 Å². The van der Waals surface area contributed by atoms with Crippen molar-refractivity contribution in [1.29, 1.82) is 0 Å². The highest BCUT2D eigenvalue weighted by Gasteiger charge is 2.47. The van der Waals surface area contributed by atoms with Crippen LogP contribution in [0.15, 0.2) is 48.5 Å². The zero-order valence-electron chi connectivity index (χ0n) is 14.0. The van der Waals surface area contributed by atoms with Crippen LogP contribution in [0.2, 0.25) is 13.1 Å². The Morgan fingerprint density at radius 1 is 0.864 bits per heavy atom. The third kappa shape index (κ3) is 2.02. The predicted molar refractivity (Wildman–Crippen MR) is 97.0 cm³/mol. The summed E-state index contributed by atoms with van der Waals surface area (Å²) >= 11 is 0. The molecule has 2 aliphatic rings. The lowest BCUT2D eigenvalue weighted by atomic mass is 10.1. The van der Waals surface area contributed by atoms with Crippen LogP contribution >= 0.6 is 0 Å². The van der Waals surface area contributed by atoms with Gasteiger partial charge in [0.15, 0.2) is 0 Å². The second kappa shape index (κ2) is 5.09. The summed E-state index contributed by atoms with van der Waals surface area (Å²) in [6.45, 7) is 7.80. The normalized spacial score (nSPS) is 26.8. The van der Waals surface area contributed by atoms with Crippen molar-refractivity contribution in [2.24, 2.45) is 5.92 Å². The summed E-state index contributed by atoms with van der Waals surface area (Å²) in [6, 6.07) is 18.5. The molecule has 0 aromatic heterocycles. The summed E-state index contributed by atoms with van der Waals surface area (Å²) in [7, 11) is -1.40. The first-order valence-electron chi connectivity index (χ1n) is 8.74. The summed E-state index contributed by atoms with van der Waals surface area (Å²) in [5.74, 6) is 0.812. The van der Waals surface area contributed by atoms with Gasteiger partial charge in [0.2, 0.25) is 0 Å². The lowest BCUT2D eigenvalue weighted by Gasteiger charge is -2.39. The quantitative estimate of drug-likeness (QED) is 0.645. The minimum atomic E-state index is -1.40. The van der Waals surface area contributed by atoms with Crippen LogP contribution in [0.3, 0.4) is 0 Å². The van der Waals surface area contributed by atoms with Gasteiger partial charge in [-0.15, -0.1) is 0 Å². The van der Waals surface area contributed by atoms with Gasteiger partial charge in [0.1, 0.15) is 0 Å². The molecule has 0 amide bonds. The molecule has 3 atom stereocenters. The molecule has 2 aliphatic carbocycles. The molecule has 0 spiro atoms. The minimum Gasteiger partial charge on any atom is -0.0684 e. The minimum absolute atomic E-state index is 0.812. The molecule has 114 valence electrons. The molecule has 22 heavy (non-hydrogen) atoms. The number of rotatable bonds is 2. The molecule has 0 saturated heterocycles. The molecular weight excluding hydrogens is 280 g/mol. The van der Waals surface area contributed by atoms with Crippen molar-refractivity contribution in [2.45, 2.75) is 50.4 Å². The maximum atomic E-state index is 2.66. The van der Waals surface area contributed by atoms with Crippen LogP contribution in [-0.2, 0) is 12.8 Å². The maximum absolute atomic E-state index is 2.66. The van der Waals surface area contributed by atoms with Crippen molar-refractivity contribution in [2.75, 3.05) is 0 Å². The summed E-state index contributed by atoms with van der Waals surface area (Å²) in [5, 5.41) is 0. The van der Waals surface area contributed by atoms with Crippen LogP contribution in [0.25, 0.3) is 0 Å². The maximum Gasteiger partial charge on any atom is 0.0631 e. The fraction of sp³-hybridized carbons (Fsp3) is 0.429. The van der Waals surface area contributed by atoms with Gasteiger partial charge in [-0.05, 0) is 58.5 Å². The lowest BCUT2D eigenvalue weighted by Crippen LogP contribution is -2.43. The van der Waals surface area contributed by atoms with E-state index in [4.69, 9.17) is 0 Å². The van der Waals surface area contributed by atoms with Crippen molar-refractivity contribution in [3.63, 3.8) is 0 Å². The van der Waals surface area contributed by atoms with E-state index in [0.29, 0.717) is 0 Å². The largest absolute Gasteiger partial charge is 0.0684 e. The highest BCUT2D eigenvalue weighted by atomic mass is 28.3. The number of aryl methyl sites for hydroxylation is 1. The Kier molecular flexibility index (Phi) is 3.30. The van der Waals surface area contributed by atoms with Crippen molar-refractivity contribution in [3.8, 4) is 0 Å². The lowest BCUT2D eigenvalue weighted by molar-refractivity contribution is 0.580. The summed E-state index contributed by atoms with van der Waals surface area (Å²) in [4.78, 5) is 0. The van der Waals surface area contributed by atoms with Crippen LogP contribution in [0.5, 0.6) is 0 Å². The Hall–Kier alpha value is -1.34. The first-order chi connectivity index (χ1) is 10.6. The molecule has 2 aromatic carbocycles. The molecule has 4 rings (SSSR count). The predicted octanol–water partition coefficient (Wildman–Crippen LogP) is 5.48. The Morgan fingerprint density at radius 2 is 1.50 bits per heavy atom. The van der Waals surface area contributed by atoms with E-state index >= 15 is 0 Å². The number of fused-ring (bicyclic) bond motifs is 2. The van der Waals surface area contributed by atoms with E-state index in [0.717, 1.165) is 17.0 Å². The first-order valence-corrected chi connectivity index (χ1v) is 11.9. The van der Waals surface area contributed by atoms with Crippen molar-refractivity contribution < 1.29 is 0 Å². The summed E-state index contributed by atoms with van der Waals surface area (Å²) < 4.78 is 0. The van der Waals surface area contributed by atoms with Crippen LogP contribution in [0.1, 0.15) is 46.7 Å². The number of hydrogen-bond acceptors (Lipinski definition) is 0. The molecule has 2 aromatic rings. The highest BCUT2D eigenvalue weighted by molar-refractivity contribution is 6.80. The Bertz CT molecular complexity index is 701. The van der Waals surface area contributed by atoms with E-state index in [9.17, 15) is 0 Å². The van der Waals surface area contributed by atoms with Crippen molar-refractivity contribution >= 4 is 8.07 Å². The second-order valence-corrected chi connectivity index (χ2v) is 12.9. The van der Waals surface area contributed by atoms with Crippen LogP contribution < -0.4 is 0 Å². The molecule has 0 bridgehead atoms. The van der Waals surface area contributed by atoms with Gasteiger partial charge >= 0.3 is 0 Å². The summed E-state index contributed by atoms with van der Waals surface area (Å²) in [5.41, 5.74) is 8.24. The van der Waals surface area contributed by atoms with Gasteiger partial charge in [-0.3, -0.25) is 0 Å². The van der Waals surface area contributed by atoms with Gasteiger partial charge in [-0.2, -0.15) is 0 Å². The Labute approximate surface area is 135 Å². The van der Waals surface area contributed by atoms with Gasteiger partial charge in [0.25, 0.3) is 0 Å². The third-order valence-electron chi connectivity index (χ3n) is 6.33. The molecule has 0 radical (unpaired) electrons. The van der Waals surface area contributed by atoms with E-state index in [-0.39, 0.29) is 0 Å². The van der Waals surface area contributed by atoms with E-state index in [1.165, 1.54) is 19.3 Å². The van der Waals surface area contributed by atoms with Gasteiger partial charge in [0.05, 0.1) is 8.07 Å². The van der Waals surface area contributed by atoms with E-state index in [1.54, 1.807) is 22.3 Å². The molecule has 1 heteroatoms. The first kappa shape index (κ1) is 14.3. The Morgan fingerprint density at radius 3 is 2.27 bits per heavy atom. The van der Waals surface area contributed by atoms with E-state index in [2.05, 4.69) is 68.5 Å². The molecule has 0 saturated carbocycles. The van der Waals surface area contributed by atoms with E-state index in [1.807, 2.05) is 0 Å². The Balaban J connectivity index is 1.76. The van der Waals surface area contributed by atoms with Gasteiger partial charge in [-0.1, -0.05) is 68.5 Å². The smallest absolute Gasteiger partial charge is 0.0631 e. The monoisotopic (exact) mass is 306 g/mol. The molecule has 0 aliphatic heterocycles. The standard InChI is InChI=1S/C21H26Si/c1-15-14-17-9-5-7-11-19(17)21(15)22(2,3)20-13-12-16-8-4-6-10-18(16)20/h4-11,15,20-21H,12-14H2,1-3H3. The number of benzene rings is 2.